The molecule has 5 rings (SSSR count). The largest absolute Gasteiger partial charge is 0.355 e. The van der Waals surface area contributed by atoms with Gasteiger partial charge in [0.05, 0.1) is 23.0 Å². The fraction of sp³-hybridized carbons (Fsp3) is 0.333. The summed E-state index contributed by atoms with van der Waals surface area (Å²) in [6.45, 7) is 5.60. The molecule has 2 aromatic heterocycles. The minimum atomic E-state index is -0.0890. The molecule has 1 fully saturated rings. The Labute approximate surface area is 210 Å². The lowest BCUT2D eigenvalue weighted by Gasteiger charge is -2.33. The highest BCUT2D eigenvalue weighted by Crippen LogP contribution is 2.28. The number of carbonyl (C=O) groups is 1. The second-order valence-corrected chi connectivity index (χ2v) is 10.0. The Hall–Kier alpha value is -3.39. The Bertz CT molecular complexity index is 1320. The number of aromatic nitrogens is 4. The van der Waals surface area contributed by atoms with Gasteiger partial charge in [-0.3, -0.25) is 4.79 Å². The molecule has 0 saturated carbocycles. The number of fused-ring (bicyclic) bond motifs is 1. The molecule has 180 valence electrons. The van der Waals surface area contributed by atoms with Gasteiger partial charge < -0.3 is 10.2 Å². The minimum absolute atomic E-state index is 0.0349. The molecule has 0 bridgehead atoms. The second kappa shape index (κ2) is 10.1. The van der Waals surface area contributed by atoms with Crippen molar-refractivity contribution in [2.45, 2.75) is 37.6 Å². The van der Waals surface area contributed by atoms with Crippen LogP contribution in [0.1, 0.15) is 36.9 Å². The van der Waals surface area contributed by atoms with Crippen molar-refractivity contribution in [1.82, 2.24) is 25.1 Å². The van der Waals surface area contributed by atoms with Crippen molar-refractivity contribution < 1.29 is 4.79 Å². The number of nitrogens with one attached hydrogen (secondary N) is 1. The quantitative estimate of drug-likeness (QED) is 0.389. The second-order valence-electron chi connectivity index (χ2n) is 9.13. The summed E-state index contributed by atoms with van der Waals surface area (Å²) in [6.07, 6.45) is 7.42. The average Bonchev–Trinajstić information content (AvgIpc) is 3.33. The molecular weight excluding hydrogens is 456 g/mol. The SMILES string of the molecule is CSc1ccc([C@@H](C)NC(=O)[C@@H]2CCCN(c3ncnc4nn(-c5ccc(C)cc5)cc34)C2)cc1. The van der Waals surface area contributed by atoms with Crippen molar-refractivity contribution in [1.29, 1.82) is 0 Å². The van der Waals surface area contributed by atoms with E-state index in [0.29, 0.717) is 12.2 Å². The van der Waals surface area contributed by atoms with Gasteiger partial charge in [0.2, 0.25) is 5.91 Å². The summed E-state index contributed by atoms with van der Waals surface area (Å²) in [5.41, 5.74) is 3.96. The predicted molar refractivity (Wildman–Crippen MR) is 141 cm³/mol. The van der Waals surface area contributed by atoms with Crippen molar-refractivity contribution >= 4 is 34.5 Å². The molecule has 7 nitrogen and oxygen atoms in total. The van der Waals surface area contributed by atoms with Gasteiger partial charge in [-0.1, -0.05) is 29.8 Å². The molecule has 1 aliphatic heterocycles. The summed E-state index contributed by atoms with van der Waals surface area (Å²) >= 11 is 1.72. The van der Waals surface area contributed by atoms with Crippen LogP contribution in [0, 0.1) is 12.8 Å². The Morgan fingerprint density at radius 1 is 1.11 bits per heavy atom. The number of amides is 1. The molecule has 2 aromatic carbocycles. The minimum Gasteiger partial charge on any atom is -0.355 e. The first-order valence-corrected chi connectivity index (χ1v) is 13.2. The first-order valence-electron chi connectivity index (χ1n) is 12.0. The molecule has 8 heteroatoms. The highest BCUT2D eigenvalue weighted by Gasteiger charge is 2.29. The highest BCUT2D eigenvalue weighted by molar-refractivity contribution is 7.98. The Balaban J connectivity index is 1.32. The summed E-state index contributed by atoms with van der Waals surface area (Å²) in [5, 5.41) is 8.79. The lowest BCUT2D eigenvalue weighted by Crippen LogP contribution is -2.44. The van der Waals surface area contributed by atoms with E-state index in [-0.39, 0.29) is 17.9 Å². The number of benzene rings is 2. The van der Waals surface area contributed by atoms with Crippen molar-refractivity contribution in [2.24, 2.45) is 5.92 Å². The van der Waals surface area contributed by atoms with Crippen LogP contribution in [0.4, 0.5) is 5.82 Å². The molecule has 3 heterocycles. The molecule has 0 spiro atoms. The molecule has 0 aliphatic carbocycles. The van der Waals surface area contributed by atoms with Gasteiger partial charge in [-0.05, 0) is 62.8 Å². The molecular formula is C27H30N6OS. The van der Waals surface area contributed by atoms with E-state index < -0.39 is 0 Å². The zero-order valence-electron chi connectivity index (χ0n) is 20.3. The maximum atomic E-state index is 13.2. The van der Waals surface area contributed by atoms with Crippen molar-refractivity contribution in [3.05, 3.63) is 72.2 Å². The number of hydrogen-bond donors (Lipinski definition) is 1. The van der Waals surface area contributed by atoms with Gasteiger partial charge >= 0.3 is 0 Å². The van der Waals surface area contributed by atoms with E-state index in [1.165, 1.54) is 10.5 Å². The number of carbonyl (C=O) groups excluding carboxylic acids is 1. The van der Waals surface area contributed by atoms with Crippen LogP contribution in [0.25, 0.3) is 16.7 Å². The van der Waals surface area contributed by atoms with Crippen molar-refractivity contribution in [2.75, 3.05) is 24.2 Å². The summed E-state index contributed by atoms with van der Waals surface area (Å²) in [7, 11) is 0. The molecule has 4 aromatic rings. The zero-order valence-corrected chi connectivity index (χ0v) is 21.1. The van der Waals surface area contributed by atoms with E-state index in [2.05, 4.69) is 74.9 Å². The van der Waals surface area contributed by atoms with Gasteiger partial charge in [0.1, 0.15) is 12.1 Å². The molecule has 2 atom stereocenters. The number of piperidine rings is 1. The van der Waals surface area contributed by atoms with Gasteiger partial charge in [0.15, 0.2) is 5.65 Å². The summed E-state index contributed by atoms with van der Waals surface area (Å²) in [5.74, 6) is 0.845. The Morgan fingerprint density at radius 3 is 2.63 bits per heavy atom. The number of thioether (sulfide) groups is 1. The first kappa shape index (κ1) is 23.4. The number of rotatable bonds is 6. The molecule has 0 radical (unpaired) electrons. The Kier molecular flexibility index (Phi) is 6.72. The van der Waals surface area contributed by atoms with Crippen LogP contribution in [0.5, 0.6) is 0 Å². The normalized spacial score (nSPS) is 16.9. The molecule has 1 aliphatic rings. The van der Waals surface area contributed by atoms with E-state index in [1.807, 2.05) is 29.9 Å². The highest BCUT2D eigenvalue weighted by atomic mass is 32.2. The van der Waals surface area contributed by atoms with E-state index in [4.69, 9.17) is 0 Å². The third-order valence-corrected chi connectivity index (χ3v) is 7.40. The zero-order chi connectivity index (χ0) is 24.4. The summed E-state index contributed by atoms with van der Waals surface area (Å²) in [4.78, 5) is 25.6. The first-order chi connectivity index (χ1) is 17.0. The maximum absolute atomic E-state index is 13.2. The number of anilines is 1. The predicted octanol–water partition coefficient (Wildman–Crippen LogP) is 4.94. The van der Waals surface area contributed by atoms with Crippen molar-refractivity contribution in [3.8, 4) is 5.69 Å². The molecule has 1 amide bonds. The van der Waals surface area contributed by atoms with Gasteiger partial charge in [-0.2, -0.15) is 0 Å². The molecule has 35 heavy (non-hydrogen) atoms. The van der Waals surface area contributed by atoms with Crippen molar-refractivity contribution in [3.63, 3.8) is 0 Å². The van der Waals surface area contributed by atoms with Gasteiger partial charge in [-0.25, -0.2) is 14.6 Å². The fourth-order valence-electron chi connectivity index (χ4n) is 4.60. The Morgan fingerprint density at radius 2 is 1.89 bits per heavy atom. The molecule has 1 saturated heterocycles. The van der Waals surface area contributed by atoms with Crippen LogP contribution in [-0.4, -0.2) is 45.0 Å². The third-order valence-electron chi connectivity index (χ3n) is 6.66. The van der Waals surface area contributed by atoms with E-state index in [0.717, 1.165) is 41.8 Å². The summed E-state index contributed by atoms with van der Waals surface area (Å²) < 4.78 is 1.85. The van der Waals surface area contributed by atoms with E-state index in [9.17, 15) is 4.79 Å². The summed E-state index contributed by atoms with van der Waals surface area (Å²) in [6, 6.07) is 16.6. The lowest BCUT2D eigenvalue weighted by molar-refractivity contribution is -0.125. The van der Waals surface area contributed by atoms with E-state index in [1.54, 1.807) is 18.1 Å². The fourth-order valence-corrected chi connectivity index (χ4v) is 5.01. The maximum Gasteiger partial charge on any atom is 0.225 e. The average molecular weight is 487 g/mol. The van der Waals surface area contributed by atoms with Crippen LogP contribution < -0.4 is 10.2 Å². The van der Waals surface area contributed by atoms with Gasteiger partial charge in [0.25, 0.3) is 0 Å². The van der Waals surface area contributed by atoms with Crippen LogP contribution in [0.3, 0.4) is 0 Å². The van der Waals surface area contributed by atoms with Crippen LogP contribution in [0.15, 0.2) is 66.0 Å². The third kappa shape index (κ3) is 5.03. The van der Waals surface area contributed by atoms with Crippen LogP contribution in [-0.2, 0) is 4.79 Å². The number of nitrogens with zero attached hydrogens (tertiary/aromatic N) is 5. The molecule has 0 unspecified atom stereocenters. The monoisotopic (exact) mass is 486 g/mol. The lowest BCUT2D eigenvalue weighted by atomic mass is 9.96. The molecule has 1 N–H and O–H groups in total. The van der Waals surface area contributed by atoms with Gasteiger partial charge in [0, 0.05) is 24.2 Å². The van der Waals surface area contributed by atoms with Gasteiger partial charge in [-0.15, -0.1) is 16.9 Å². The number of aryl methyl sites for hydroxylation is 1. The number of hydrogen-bond acceptors (Lipinski definition) is 6. The standard InChI is InChI=1S/C27H30N6OS/c1-18-6-10-22(11-7-18)33-16-24-25(31-33)28-17-29-26(24)32-14-4-5-21(15-32)27(34)30-19(2)20-8-12-23(35-3)13-9-20/h6-13,16-17,19,21H,4-5,14-15H2,1-3H3,(H,30,34)/t19-,21-/m1/s1. The smallest absolute Gasteiger partial charge is 0.225 e. The topological polar surface area (TPSA) is 75.9 Å². The van der Waals surface area contributed by atoms with E-state index >= 15 is 0 Å². The van der Waals surface area contributed by atoms with Crippen LogP contribution in [0.2, 0.25) is 0 Å². The van der Waals surface area contributed by atoms with Crippen LogP contribution >= 0.6 is 11.8 Å².